The van der Waals surface area contributed by atoms with E-state index in [0.717, 1.165) is 0 Å². The SMILES string of the molecule is [N-]=[N+]=NS(=O)(=NS(=O)C(F)(F)F)C(F)(F)F. The molecule has 0 spiro atoms. The van der Waals surface area contributed by atoms with Crippen molar-refractivity contribution in [3.8, 4) is 0 Å². The fourth-order valence-electron chi connectivity index (χ4n) is 0.287. The summed E-state index contributed by atoms with van der Waals surface area (Å²) in [6.45, 7) is 0. The van der Waals surface area contributed by atoms with Gasteiger partial charge in [-0.25, -0.2) is 8.42 Å². The maximum absolute atomic E-state index is 11.9. The van der Waals surface area contributed by atoms with Crippen LogP contribution in [0.1, 0.15) is 0 Å². The number of rotatable bonds is 2. The highest BCUT2D eigenvalue weighted by atomic mass is 32.3. The molecule has 0 bridgehead atoms. The summed E-state index contributed by atoms with van der Waals surface area (Å²) in [5, 5.41) is 0. The first-order valence-electron chi connectivity index (χ1n) is 2.82. The molecule has 0 saturated carbocycles. The van der Waals surface area contributed by atoms with E-state index in [-0.39, 0.29) is 0 Å². The van der Waals surface area contributed by atoms with Crippen LogP contribution in [0.4, 0.5) is 26.3 Å². The van der Waals surface area contributed by atoms with E-state index in [1.165, 1.54) is 8.68 Å². The number of nitrogens with zero attached hydrogens (tertiary/aromatic N) is 4. The minimum atomic E-state index is -5.92. The van der Waals surface area contributed by atoms with Gasteiger partial charge in [0.25, 0.3) is 11.0 Å². The van der Waals surface area contributed by atoms with E-state index in [9.17, 15) is 34.8 Å². The first-order valence-corrected chi connectivity index (χ1v) is 5.40. The molecule has 6 nitrogen and oxygen atoms in total. The molecule has 2 atom stereocenters. The van der Waals surface area contributed by atoms with Crippen molar-refractivity contribution < 1.29 is 34.8 Å². The lowest BCUT2D eigenvalue weighted by Gasteiger charge is -2.07. The molecule has 94 valence electrons. The molecule has 0 fully saturated rings. The van der Waals surface area contributed by atoms with E-state index in [1.54, 1.807) is 4.52 Å². The van der Waals surface area contributed by atoms with Crippen molar-refractivity contribution >= 4 is 20.9 Å². The molecule has 0 aromatic carbocycles. The van der Waals surface area contributed by atoms with Crippen LogP contribution in [0.3, 0.4) is 0 Å². The van der Waals surface area contributed by atoms with Crippen molar-refractivity contribution in [2.24, 2.45) is 8.29 Å². The standard InChI is InChI=1S/C2F6N4O2S2/c3-1(4,5)15(13)12-16(14,11-10-9)2(6,7)8. The third kappa shape index (κ3) is 3.53. The Hall–Kier alpha value is -1.01. The maximum atomic E-state index is 11.9. The third-order valence-electron chi connectivity index (χ3n) is 0.815. The molecule has 0 amide bonds. The first-order chi connectivity index (χ1) is 6.94. The van der Waals surface area contributed by atoms with Crippen LogP contribution in [0.2, 0.25) is 0 Å². The highest BCUT2D eigenvalue weighted by Gasteiger charge is 2.47. The Bertz CT molecular complexity index is 450. The Morgan fingerprint density at radius 1 is 1.19 bits per heavy atom. The molecular formula is C2F6N4O2S2. The summed E-state index contributed by atoms with van der Waals surface area (Å²) >= 11 is 0. The number of halogens is 6. The lowest BCUT2D eigenvalue weighted by molar-refractivity contribution is -0.0409. The van der Waals surface area contributed by atoms with Crippen molar-refractivity contribution in [2.45, 2.75) is 11.0 Å². The van der Waals surface area contributed by atoms with Gasteiger partial charge in [0.1, 0.15) is 0 Å². The third-order valence-corrected chi connectivity index (χ3v) is 3.46. The van der Waals surface area contributed by atoms with Crippen LogP contribution >= 0.6 is 0 Å². The molecule has 0 aliphatic carbocycles. The molecule has 0 N–H and O–H groups in total. The second-order valence-electron chi connectivity index (χ2n) is 1.88. The summed E-state index contributed by atoms with van der Waals surface area (Å²) in [4.78, 5) is 1.44. The zero-order chi connectivity index (χ0) is 13.2. The fourth-order valence-corrected chi connectivity index (χ4v) is 2.01. The van der Waals surface area contributed by atoms with Gasteiger partial charge in [-0.15, -0.1) is 3.77 Å². The summed E-state index contributed by atoms with van der Waals surface area (Å²) in [5.41, 5.74) is -3.85. The lowest BCUT2D eigenvalue weighted by atomic mass is 11.6. The Balaban J connectivity index is 5.78. The number of hydrogen-bond acceptors (Lipinski definition) is 2. The van der Waals surface area contributed by atoms with Crippen LogP contribution in [0, 0.1) is 0 Å². The van der Waals surface area contributed by atoms with Gasteiger partial charge in [0, 0.05) is 9.43 Å². The average Bonchev–Trinajstić information content (AvgIpc) is 2.00. The Morgan fingerprint density at radius 2 is 1.62 bits per heavy atom. The average molecular weight is 290 g/mol. The van der Waals surface area contributed by atoms with Crippen LogP contribution in [0.5, 0.6) is 0 Å². The molecule has 0 aliphatic rings. The van der Waals surface area contributed by atoms with E-state index in [1.807, 2.05) is 0 Å². The van der Waals surface area contributed by atoms with Crippen LogP contribution < -0.4 is 0 Å². The zero-order valence-electron chi connectivity index (χ0n) is 6.69. The normalized spacial score (nSPS) is 18.1. The largest absolute Gasteiger partial charge is 0.493 e. The van der Waals surface area contributed by atoms with Crippen molar-refractivity contribution in [1.82, 2.24) is 0 Å². The lowest BCUT2D eigenvalue weighted by Crippen LogP contribution is -2.23. The van der Waals surface area contributed by atoms with Gasteiger partial charge in [-0.1, -0.05) is 0 Å². The molecule has 0 aromatic heterocycles. The maximum Gasteiger partial charge on any atom is 0.493 e. The van der Waals surface area contributed by atoms with E-state index in [0.29, 0.717) is 0 Å². The Kier molecular flexibility index (Phi) is 4.18. The first kappa shape index (κ1) is 15.0. The van der Waals surface area contributed by atoms with Crippen molar-refractivity contribution in [3.05, 3.63) is 10.4 Å². The van der Waals surface area contributed by atoms with Gasteiger partial charge in [0.2, 0.25) is 9.92 Å². The summed E-state index contributed by atoms with van der Waals surface area (Å²) in [6, 6.07) is 0. The summed E-state index contributed by atoms with van der Waals surface area (Å²) in [6.07, 6.45) is 0. The predicted molar refractivity (Wildman–Crippen MR) is 40.0 cm³/mol. The highest BCUT2D eigenvalue weighted by Crippen LogP contribution is 2.30. The molecule has 0 radical (unpaired) electrons. The van der Waals surface area contributed by atoms with Crippen molar-refractivity contribution in [3.63, 3.8) is 0 Å². The molecule has 0 heterocycles. The smallest absolute Gasteiger partial charge is 0.232 e. The number of hydrogen-bond donors (Lipinski definition) is 0. The molecule has 0 aromatic rings. The van der Waals surface area contributed by atoms with Crippen LogP contribution in [0.15, 0.2) is 8.29 Å². The minimum absolute atomic E-state index is 1.44. The van der Waals surface area contributed by atoms with E-state index >= 15 is 0 Å². The number of azide groups is 1. The number of alkyl halides is 6. The summed E-state index contributed by atoms with van der Waals surface area (Å²) in [7, 11) is -10.3. The molecular weight excluding hydrogens is 290 g/mol. The molecule has 0 saturated heterocycles. The Labute approximate surface area is 86.2 Å². The molecule has 0 rings (SSSR count). The predicted octanol–water partition coefficient (Wildman–Crippen LogP) is 2.38. The van der Waals surface area contributed by atoms with Gasteiger partial charge < -0.3 is 0 Å². The van der Waals surface area contributed by atoms with Gasteiger partial charge in [-0.3, -0.25) is 0 Å². The van der Waals surface area contributed by atoms with E-state index < -0.39 is 31.9 Å². The van der Waals surface area contributed by atoms with Gasteiger partial charge in [0.15, 0.2) is 0 Å². The monoisotopic (exact) mass is 290 g/mol. The van der Waals surface area contributed by atoms with Crippen molar-refractivity contribution in [2.75, 3.05) is 0 Å². The topological polar surface area (TPSA) is 95.3 Å². The van der Waals surface area contributed by atoms with Crippen molar-refractivity contribution in [1.29, 1.82) is 0 Å². The van der Waals surface area contributed by atoms with Gasteiger partial charge in [0.05, 0.1) is 0 Å². The quantitative estimate of drug-likeness (QED) is 0.338. The second kappa shape index (κ2) is 4.47. The molecule has 2 unspecified atom stereocenters. The summed E-state index contributed by atoms with van der Waals surface area (Å²) in [5.74, 6) is 0. The van der Waals surface area contributed by atoms with Crippen LogP contribution in [-0.4, -0.2) is 19.4 Å². The van der Waals surface area contributed by atoms with E-state index in [4.69, 9.17) is 5.53 Å². The molecule has 14 heteroatoms. The van der Waals surface area contributed by atoms with Crippen LogP contribution in [0.25, 0.3) is 10.4 Å². The Morgan fingerprint density at radius 3 is 1.88 bits per heavy atom. The zero-order valence-corrected chi connectivity index (χ0v) is 8.32. The minimum Gasteiger partial charge on any atom is -0.232 e. The van der Waals surface area contributed by atoms with Gasteiger partial charge in [-0.05, 0) is 5.53 Å². The fraction of sp³-hybridized carbons (Fsp3) is 1.00. The van der Waals surface area contributed by atoms with E-state index in [2.05, 4.69) is 0 Å². The van der Waals surface area contributed by atoms with Gasteiger partial charge >= 0.3 is 11.0 Å². The molecule has 16 heavy (non-hydrogen) atoms. The molecule has 0 aliphatic heterocycles. The van der Waals surface area contributed by atoms with Gasteiger partial charge in [-0.2, -0.15) is 26.3 Å². The second-order valence-corrected chi connectivity index (χ2v) is 5.06. The van der Waals surface area contributed by atoms with Crippen LogP contribution in [-0.2, 0) is 20.9 Å². The highest BCUT2D eigenvalue weighted by molar-refractivity contribution is 8.00. The summed E-state index contributed by atoms with van der Waals surface area (Å²) < 4.78 is 94.4.